The Bertz CT molecular complexity index is 3260. The molecule has 0 aliphatic carbocycles. The number of hydrogen-bond acceptors (Lipinski definition) is 8. The van der Waals surface area contributed by atoms with E-state index in [1.165, 1.54) is 22.7 Å². The average Bonchev–Trinajstić information content (AvgIpc) is 3.52. The first-order chi connectivity index (χ1) is 37.7. The molecule has 2 aliphatic heterocycles. The summed E-state index contributed by atoms with van der Waals surface area (Å²) in [7, 11) is 0. The number of para-hydroxylation sites is 10. The number of hydrogen-bond donors (Lipinski definition) is 0. The van der Waals surface area contributed by atoms with E-state index in [1.807, 2.05) is 46.7 Å². The van der Waals surface area contributed by atoms with Crippen LogP contribution in [0.5, 0.6) is 0 Å². The smallest absolute Gasteiger partial charge is 0.0706 e. The van der Waals surface area contributed by atoms with Crippen LogP contribution in [0.25, 0.3) is 0 Å². The molecule has 370 valence electrons. The van der Waals surface area contributed by atoms with Crippen molar-refractivity contribution in [3.05, 3.63) is 278 Å². The second-order valence-electron chi connectivity index (χ2n) is 19.0. The normalized spacial score (nSPS) is 12.6. The van der Waals surface area contributed by atoms with Gasteiger partial charge in [0.15, 0.2) is 0 Å². The molecule has 0 saturated heterocycles. The van der Waals surface area contributed by atoms with E-state index in [9.17, 15) is 0 Å². The molecular formula is C68H58N8. The predicted molar refractivity (Wildman–Crippen MR) is 320 cm³/mol. The third kappa shape index (κ3) is 9.92. The summed E-state index contributed by atoms with van der Waals surface area (Å²) >= 11 is 0. The second kappa shape index (κ2) is 22.2. The van der Waals surface area contributed by atoms with Crippen LogP contribution in [0, 0.1) is 0 Å². The zero-order chi connectivity index (χ0) is 50.9. The summed E-state index contributed by atoms with van der Waals surface area (Å²) < 4.78 is 0. The highest BCUT2D eigenvalue weighted by Gasteiger charge is 2.31. The van der Waals surface area contributed by atoms with Gasteiger partial charge in [-0.15, -0.1) is 0 Å². The number of anilines is 14. The first-order valence-electron chi connectivity index (χ1n) is 26.4. The lowest BCUT2D eigenvalue weighted by Crippen LogP contribution is -2.28. The van der Waals surface area contributed by atoms with Crippen molar-refractivity contribution >= 4 is 92.1 Å². The molecule has 0 radical (unpaired) electrons. The van der Waals surface area contributed by atoms with Gasteiger partial charge in [0.25, 0.3) is 0 Å². The average molecular weight is 987 g/mol. The van der Waals surface area contributed by atoms with Crippen LogP contribution in [0.1, 0.15) is 36.8 Å². The van der Waals surface area contributed by atoms with Crippen molar-refractivity contribution in [3.63, 3.8) is 0 Å². The van der Waals surface area contributed by atoms with Crippen LogP contribution >= 0.6 is 0 Å². The molecule has 0 spiro atoms. The van der Waals surface area contributed by atoms with E-state index in [-0.39, 0.29) is 0 Å². The lowest BCUT2D eigenvalue weighted by molar-refractivity contribution is 0.643. The Morgan fingerprint density at radius 3 is 0.908 bits per heavy atom. The van der Waals surface area contributed by atoms with Crippen molar-refractivity contribution < 1.29 is 0 Å². The van der Waals surface area contributed by atoms with Crippen molar-refractivity contribution in [2.75, 3.05) is 42.7 Å². The molecule has 0 fully saturated rings. The van der Waals surface area contributed by atoms with Gasteiger partial charge in [-0.25, -0.2) is 10.0 Å². The standard InChI is InChI=1S/C68H58N8/c1(25-47-71-61-39-21-23-41-65(61)73(55-27-9-3-10-28-55)67-49-53(43-45-63(67)71)51-69-75(57-31-13-5-14-32-57)58-33-15-6-16-34-58)2-26-48-72-62-40-22-24-42-66(62)74(56-29-11-4-12-30-56)68-50-54(44-46-64(68)72)52-70-76(59-35-17-7-18-36-59)60-37-19-8-20-38-60/h3-24,27-46,49-52H,1-2,25-26,47-48H2/b69-51+,70-52+. The third-order valence-corrected chi connectivity index (χ3v) is 14.1. The minimum absolute atomic E-state index is 0.896. The first-order valence-corrected chi connectivity index (χ1v) is 26.4. The molecule has 0 unspecified atom stereocenters. The van der Waals surface area contributed by atoms with Crippen molar-refractivity contribution in [2.24, 2.45) is 10.2 Å². The van der Waals surface area contributed by atoms with Crippen molar-refractivity contribution in [2.45, 2.75) is 25.7 Å². The van der Waals surface area contributed by atoms with Gasteiger partial charge >= 0.3 is 0 Å². The van der Waals surface area contributed by atoms with Gasteiger partial charge in [-0.1, -0.05) is 158 Å². The van der Waals surface area contributed by atoms with Crippen molar-refractivity contribution in [1.29, 1.82) is 0 Å². The Kier molecular flexibility index (Phi) is 13.8. The number of hydrazone groups is 2. The maximum atomic E-state index is 5.10. The van der Waals surface area contributed by atoms with Crippen LogP contribution in [0.15, 0.2) is 277 Å². The van der Waals surface area contributed by atoms with E-state index in [0.717, 1.165) is 107 Å². The highest BCUT2D eigenvalue weighted by Crippen LogP contribution is 2.53. The van der Waals surface area contributed by atoms with E-state index in [0.29, 0.717) is 0 Å². The van der Waals surface area contributed by atoms with Crippen molar-refractivity contribution in [3.8, 4) is 0 Å². The first kappa shape index (κ1) is 47.4. The Hall–Kier alpha value is -9.66. The molecule has 0 N–H and O–H groups in total. The molecule has 76 heavy (non-hydrogen) atoms. The SMILES string of the molecule is C(=N\N(c1ccccc1)c1ccccc1)/c1ccc2c(c1)N(c1ccccc1)c1ccccc1N2CCCCCCN1c2ccccc2N(c2ccccc2)c2cc(/C=N/N(c3ccccc3)c3ccccc3)ccc21. The zero-order valence-corrected chi connectivity index (χ0v) is 42.4. The Balaban J connectivity index is 0.793. The summed E-state index contributed by atoms with van der Waals surface area (Å²) in [5, 5.41) is 14.2. The summed E-state index contributed by atoms with van der Waals surface area (Å²) in [6.07, 6.45) is 8.25. The van der Waals surface area contributed by atoms with Gasteiger partial charge in [0.2, 0.25) is 0 Å². The summed E-state index contributed by atoms with van der Waals surface area (Å²) in [5.74, 6) is 0. The Morgan fingerprint density at radius 2 is 0.566 bits per heavy atom. The maximum absolute atomic E-state index is 5.10. The fourth-order valence-corrected chi connectivity index (χ4v) is 10.5. The fraction of sp³-hybridized carbons (Fsp3) is 0.0882. The van der Waals surface area contributed by atoms with Gasteiger partial charge in [0.1, 0.15) is 0 Å². The number of nitrogens with zero attached hydrogens (tertiary/aromatic N) is 8. The van der Waals surface area contributed by atoms with E-state index >= 15 is 0 Å². The van der Waals surface area contributed by atoms with Gasteiger partial charge in [-0.2, -0.15) is 10.2 Å². The second-order valence-corrected chi connectivity index (χ2v) is 19.0. The third-order valence-electron chi connectivity index (χ3n) is 14.1. The molecular weight excluding hydrogens is 929 g/mol. The molecule has 8 nitrogen and oxygen atoms in total. The van der Waals surface area contributed by atoms with E-state index in [2.05, 4.69) is 262 Å². The molecule has 12 rings (SSSR count). The minimum atomic E-state index is 0.896. The fourth-order valence-electron chi connectivity index (χ4n) is 10.5. The highest BCUT2D eigenvalue weighted by molar-refractivity contribution is 6.01. The Morgan fingerprint density at radius 1 is 0.276 bits per heavy atom. The van der Waals surface area contributed by atoms with Crippen molar-refractivity contribution in [1.82, 2.24) is 0 Å². The van der Waals surface area contributed by atoms with Gasteiger partial charge in [-0.05, 0) is 145 Å². The molecule has 0 atom stereocenters. The lowest BCUT2D eigenvalue weighted by Gasteiger charge is -2.41. The summed E-state index contributed by atoms with van der Waals surface area (Å²) in [4.78, 5) is 9.86. The molecule has 2 heterocycles. The molecule has 10 aromatic carbocycles. The summed E-state index contributed by atoms with van der Waals surface area (Å²) in [6, 6.07) is 93.9. The summed E-state index contributed by atoms with van der Waals surface area (Å²) in [5.41, 5.74) is 17.7. The van der Waals surface area contributed by atoms with Crippen LogP contribution in [-0.4, -0.2) is 25.5 Å². The van der Waals surface area contributed by atoms with Crippen LogP contribution in [-0.2, 0) is 0 Å². The maximum Gasteiger partial charge on any atom is 0.0706 e. The lowest BCUT2D eigenvalue weighted by atomic mass is 10.0. The molecule has 10 aromatic rings. The van der Waals surface area contributed by atoms with Crippen LogP contribution < -0.4 is 29.6 Å². The van der Waals surface area contributed by atoms with E-state index in [1.54, 1.807) is 0 Å². The van der Waals surface area contributed by atoms with Gasteiger partial charge in [0.05, 0.1) is 80.7 Å². The van der Waals surface area contributed by atoms with Gasteiger partial charge in [0, 0.05) is 24.5 Å². The minimum Gasteiger partial charge on any atom is -0.338 e. The molecule has 2 aliphatic rings. The molecule has 0 saturated carbocycles. The molecule has 0 amide bonds. The summed E-state index contributed by atoms with van der Waals surface area (Å²) in [6.45, 7) is 1.79. The quantitative estimate of drug-likeness (QED) is 0.0515. The van der Waals surface area contributed by atoms with E-state index < -0.39 is 0 Å². The molecule has 0 bridgehead atoms. The number of benzene rings is 10. The van der Waals surface area contributed by atoms with Crippen LogP contribution in [0.4, 0.5) is 79.6 Å². The van der Waals surface area contributed by atoms with E-state index in [4.69, 9.17) is 10.2 Å². The monoisotopic (exact) mass is 986 g/mol. The highest BCUT2D eigenvalue weighted by atomic mass is 15.5. The predicted octanol–water partition coefficient (Wildman–Crippen LogP) is 18.1. The molecule has 0 aromatic heterocycles. The van der Waals surface area contributed by atoms with Crippen LogP contribution in [0.3, 0.4) is 0 Å². The van der Waals surface area contributed by atoms with Crippen LogP contribution in [0.2, 0.25) is 0 Å². The Labute approximate surface area is 446 Å². The molecule has 8 heteroatoms. The number of rotatable bonds is 17. The zero-order valence-electron chi connectivity index (χ0n) is 42.4. The number of fused-ring (bicyclic) bond motifs is 4. The largest absolute Gasteiger partial charge is 0.338 e. The van der Waals surface area contributed by atoms with Gasteiger partial charge < -0.3 is 19.6 Å². The topological polar surface area (TPSA) is 44.2 Å². The van der Waals surface area contributed by atoms with Gasteiger partial charge in [-0.3, -0.25) is 0 Å². The number of unbranched alkanes of at least 4 members (excludes halogenated alkanes) is 3.